The highest BCUT2D eigenvalue weighted by atomic mass is 32.2. The van der Waals surface area contributed by atoms with Crippen molar-refractivity contribution in [3.63, 3.8) is 0 Å². The molecular weight excluding hydrogens is 610 g/mol. The van der Waals surface area contributed by atoms with Gasteiger partial charge in [0.05, 0.1) is 12.4 Å². The maximum atomic E-state index is 13.9. The molecule has 46 heavy (non-hydrogen) atoms. The molecule has 2 aliphatic heterocycles. The SMILES string of the molecule is CNC(=O)c1ccc(Oc2ccc(CN3CCC4(CC3)C(=O)N[C@H]([C@H](O)C3CCCCC3)C(=O)N4CCNS(C)(=O)=O)cc2)cc1. The number of nitrogens with one attached hydrogen (secondary N) is 3. The summed E-state index contributed by atoms with van der Waals surface area (Å²) in [6.07, 6.45) is 5.58. The van der Waals surface area contributed by atoms with E-state index in [1.165, 1.54) is 4.90 Å². The number of sulfonamides is 1. The van der Waals surface area contributed by atoms with Crippen molar-refractivity contribution in [3.8, 4) is 11.5 Å². The first-order valence-electron chi connectivity index (χ1n) is 16.1. The van der Waals surface area contributed by atoms with Gasteiger partial charge >= 0.3 is 0 Å². The third-order valence-electron chi connectivity index (χ3n) is 9.52. The summed E-state index contributed by atoms with van der Waals surface area (Å²) in [5, 5.41) is 16.7. The van der Waals surface area contributed by atoms with E-state index in [0.717, 1.165) is 43.9 Å². The van der Waals surface area contributed by atoms with Gasteiger partial charge < -0.3 is 25.4 Å². The van der Waals surface area contributed by atoms with Gasteiger partial charge in [-0.2, -0.15) is 0 Å². The lowest BCUT2D eigenvalue weighted by Crippen LogP contribution is -2.75. The lowest BCUT2D eigenvalue weighted by Gasteiger charge is -2.52. The van der Waals surface area contributed by atoms with Crippen LogP contribution in [0, 0.1) is 5.92 Å². The van der Waals surface area contributed by atoms with Gasteiger partial charge in [0.2, 0.25) is 21.8 Å². The quantitative estimate of drug-likeness (QED) is 0.286. The first kappa shape index (κ1) is 33.8. The summed E-state index contributed by atoms with van der Waals surface area (Å²) in [6, 6.07) is 13.6. The van der Waals surface area contributed by atoms with Crippen LogP contribution in [0.4, 0.5) is 0 Å². The van der Waals surface area contributed by atoms with Gasteiger partial charge in [-0.25, -0.2) is 13.1 Å². The van der Waals surface area contributed by atoms with Crippen LogP contribution < -0.4 is 20.1 Å². The lowest BCUT2D eigenvalue weighted by atomic mass is 9.78. The minimum absolute atomic E-state index is 0.0117. The van der Waals surface area contributed by atoms with E-state index in [9.17, 15) is 27.9 Å². The summed E-state index contributed by atoms with van der Waals surface area (Å²) < 4.78 is 31.9. The third kappa shape index (κ3) is 7.88. The highest BCUT2D eigenvalue weighted by Gasteiger charge is 2.55. The Bertz CT molecular complexity index is 1490. The van der Waals surface area contributed by atoms with Gasteiger partial charge in [0.15, 0.2) is 0 Å². The Balaban J connectivity index is 1.22. The number of benzene rings is 2. The van der Waals surface area contributed by atoms with Crippen molar-refractivity contribution in [2.24, 2.45) is 5.92 Å². The molecule has 1 saturated carbocycles. The number of carbonyl (C=O) groups is 3. The third-order valence-corrected chi connectivity index (χ3v) is 10.3. The fourth-order valence-electron chi connectivity index (χ4n) is 6.94. The first-order chi connectivity index (χ1) is 22.0. The summed E-state index contributed by atoms with van der Waals surface area (Å²) in [5.74, 6) is 0.434. The molecule has 2 atom stereocenters. The van der Waals surface area contributed by atoms with E-state index in [1.54, 1.807) is 31.3 Å². The highest BCUT2D eigenvalue weighted by molar-refractivity contribution is 7.88. The number of rotatable bonds is 11. The second-order valence-electron chi connectivity index (χ2n) is 12.7. The van der Waals surface area contributed by atoms with Crippen LogP contribution in [0.25, 0.3) is 0 Å². The molecule has 250 valence electrons. The Labute approximate surface area is 270 Å². The van der Waals surface area contributed by atoms with Crippen molar-refractivity contribution < 1.29 is 32.6 Å². The van der Waals surface area contributed by atoms with Crippen LogP contribution in [0.2, 0.25) is 0 Å². The molecule has 2 saturated heterocycles. The average molecular weight is 656 g/mol. The predicted octanol–water partition coefficient (Wildman–Crippen LogP) is 1.99. The van der Waals surface area contributed by atoms with Crippen molar-refractivity contribution >= 4 is 27.7 Å². The van der Waals surface area contributed by atoms with Crippen molar-refractivity contribution in [3.05, 3.63) is 59.7 Å². The first-order valence-corrected chi connectivity index (χ1v) is 17.9. The fraction of sp³-hybridized carbons (Fsp3) is 0.545. The normalized spacial score (nSPS) is 21.5. The van der Waals surface area contributed by atoms with E-state index in [2.05, 4.69) is 20.3 Å². The van der Waals surface area contributed by atoms with Crippen LogP contribution in [0.1, 0.15) is 60.9 Å². The number of ether oxygens (including phenoxy) is 1. The Hall–Kier alpha value is -3.52. The summed E-state index contributed by atoms with van der Waals surface area (Å²) in [5.41, 5.74) is 0.502. The number of amides is 3. The van der Waals surface area contributed by atoms with Gasteiger partial charge in [-0.1, -0.05) is 31.4 Å². The van der Waals surface area contributed by atoms with Crippen molar-refractivity contribution in [1.29, 1.82) is 0 Å². The smallest absolute Gasteiger partial charge is 0.251 e. The van der Waals surface area contributed by atoms with Crippen molar-refractivity contribution in [1.82, 2.24) is 25.2 Å². The minimum atomic E-state index is -3.49. The maximum Gasteiger partial charge on any atom is 0.251 e. The van der Waals surface area contributed by atoms with E-state index in [1.807, 2.05) is 24.3 Å². The number of hydrogen-bond acceptors (Lipinski definition) is 8. The number of aliphatic hydroxyl groups excluding tert-OH is 1. The van der Waals surface area contributed by atoms with Gasteiger partial charge in [0, 0.05) is 45.3 Å². The second kappa shape index (κ2) is 14.5. The molecule has 12 nitrogen and oxygen atoms in total. The molecule has 0 radical (unpaired) electrons. The largest absolute Gasteiger partial charge is 0.457 e. The molecule has 4 N–H and O–H groups in total. The van der Waals surface area contributed by atoms with Crippen molar-refractivity contribution in [2.45, 2.75) is 69.2 Å². The van der Waals surface area contributed by atoms with E-state index < -0.39 is 27.7 Å². The minimum Gasteiger partial charge on any atom is -0.457 e. The van der Waals surface area contributed by atoms with Crippen LogP contribution in [0.15, 0.2) is 48.5 Å². The van der Waals surface area contributed by atoms with Gasteiger partial charge in [-0.15, -0.1) is 0 Å². The number of likely N-dealkylation sites (tertiary alicyclic amines) is 1. The zero-order chi connectivity index (χ0) is 32.9. The van der Waals surface area contributed by atoms with Crippen LogP contribution >= 0.6 is 0 Å². The molecule has 2 aromatic rings. The number of piperazine rings is 1. The molecule has 0 unspecified atom stereocenters. The molecule has 0 aromatic heterocycles. The molecule has 0 bridgehead atoms. The van der Waals surface area contributed by atoms with E-state index in [-0.39, 0.29) is 36.7 Å². The Morgan fingerprint density at radius 1 is 1.02 bits per heavy atom. The highest BCUT2D eigenvalue weighted by Crippen LogP contribution is 2.36. The molecule has 1 spiro atoms. The summed E-state index contributed by atoms with van der Waals surface area (Å²) in [4.78, 5) is 43.2. The van der Waals surface area contributed by atoms with Crippen LogP contribution in [-0.2, 0) is 26.2 Å². The standard InChI is InChI=1S/C33H45N5O7S/c1-34-30(40)25-10-14-27(15-11-25)45-26-12-8-23(9-13-26)22-37-19-16-33(17-20-37)32(42)36-28(29(39)24-6-4-3-5-7-24)31(41)38(33)21-18-35-46(2,43)44/h8-15,24,28-29,35,39H,3-7,16-22H2,1-2H3,(H,34,40)(H,36,42)/t28-,29-/m1/s1. The number of carbonyl (C=O) groups excluding carboxylic acids is 3. The van der Waals surface area contributed by atoms with Gasteiger partial charge in [0.25, 0.3) is 5.91 Å². The molecule has 3 amide bonds. The molecule has 5 rings (SSSR count). The molecule has 2 aromatic carbocycles. The molecule has 2 heterocycles. The Kier molecular flexibility index (Phi) is 10.7. The van der Waals surface area contributed by atoms with E-state index in [4.69, 9.17) is 4.74 Å². The summed E-state index contributed by atoms with van der Waals surface area (Å²) in [7, 11) is -1.90. The fourth-order valence-corrected chi connectivity index (χ4v) is 7.40. The lowest BCUT2D eigenvalue weighted by molar-refractivity contribution is -0.165. The number of piperidine rings is 1. The summed E-state index contributed by atoms with van der Waals surface area (Å²) >= 11 is 0. The van der Waals surface area contributed by atoms with Crippen molar-refractivity contribution in [2.75, 3.05) is 39.5 Å². The Morgan fingerprint density at radius 2 is 1.63 bits per heavy atom. The van der Waals surface area contributed by atoms with Crippen LogP contribution in [0.3, 0.4) is 0 Å². The second-order valence-corrected chi connectivity index (χ2v) is 14.5. The van der Waals surface area contributed by atoms with E-state index in [0.29, 0.717) is 49.5 Å². The maximum absolute atomic E-state index is 13.9. The van der Waals surface area contributed by atoms with Gasteiger partial charge in [-0.05, 0) is 73.6 Å². The van der Waals surface area contributed by atoms with E-state index >= 15 is 0 Å². The molecular formula is C33H45N5O7S. The average Bonchev–Trinajstić information content (AvgIpc) is 3.06. The number of nitrogens with zero attached hydrogens (tertiary/aromatic N) is 2. The Morgan fingerprint density at radius 3 is 2.22 bits per heavy atom. The molecule has 1 aliphatic carbocycles. The molecule has 3 fully saturated rings. The summed E-state index contributed by atoms with van der Waals surface area (Å²) in [6.45, 7) is 1.79. The van der Waals surface area contributed by atoms with Crippen LogP contribution in [-0.4, -0.2) is 98.2 Å². The topological polar surface area (TPSA) is 157 Å². The predicted molar refractivity (Wildman–Crippen MR) is 173 cm³/mol. The monoisotopic (exact) mass is 655 g/mol. The zero-order valence-electron chi connectivity index (χ0n) is 26.5. The zero-order valence-corrected chi connectivity index (χ0v) is 27.4. The number of aliphatic hydroxyl groups is 1. The molecule has 3 aliphatic rings. The number of hydrogen-bond donors (Lipinski definition) is 4. The molecule has 13 heteroatoms. The van der Waals surface area contributed by atoms with Gasteiger partial charge in [0.1, 0.15) is 23.1 Å². The van der Waals surface area contributed by atoms with Gasteiger partial charge in [-0.3, -0.25) is 19.3 Å². The van der Waals surface area contributed by atoms with Crippen LogP contribution in [0.5, 0.6) is 11.5 Å².